The molecule has 0 bridgehead atoms. The van der Waals surface area contributed by atoms with E-state index in [1.54, 1.807) is 49.3 Å². The van der Waals surface area contributed by atoms with Crippen LogP contribution < -0.4 is 11.5 Å². The summed E-state index contributed by atoms with van der Waals surface area (Å²) in [7, 11) is 0. The van der Waals surface area contributed by atoms with E-state index in [4.69, 9.17) is 11.5 Å². The van der Waals surface area contributed by atoms with E-state index in [-0.39, 0.29) is 0 Å². The first-order valence-corrected chi connectivity index (χ1v) is 8.60. The monoisotopic (exact) mass is 422 g/mol. The fourth-order valence-corrected chi connectivity index (χ4v) is 2.44. The van der Waals surface area contributed by atoms with Gasteiger partial charge >= 0.3 is 0 Å². The molecule has 0 unspecified atom stereocenters. The molecule has 0 aliphatic rings. The number of nitrogens with two attached hydrogens (primary N) is 2. The van der Waals surface area contributed by atoms with E-state index < -0.39 is 0 Å². The molecule has 27 heavy (non-hydrogen) atoms. The van der Waals surface area contributed by atoms with Gasteiger partial charge in [-0.05, 0) is 46.3 Å². The Hall–Kier alpha value is -3.46. The van der Waals surface area contributed by atoms with Crippen molar-refractivity contribution in [2.45, 2.75) is 0 Å². The lowest BCUT2D eigenvalue weighted by molar-refractivity contribution is 1.16. The SMILES string of the molecule is Nc1ncc(Br)cc1-c1ncccn1.Nc1ncccc1-c1ncccn1. The van der Waals surface area contributed by atoms with E-state index in [2.05, 4.69) is 45.8 Å². The lowest BCUT2D eigenvalue weighted by Crippen LogP contribution is -1.96. The first-order chi connectivity index (χ1) is 13.1. The predicted octanol–water partition coefficient (Wildman–Crippen LogP) is 3.00. The predicted molar refractivity (Wildman–Crippen MR) is 107 cm³/mol. The normalized spacial score (nSPS) is 9.96. The number of pyridine rings is 2. The molecule has 0 saturated heterocycles. The molecular formula is C18H15BrN8. The van der Waals surface area contributed by atoms with E-state index in [1.807, 2.05) is 18.2 Å². The van der Waals surface area contributed by atoms with Gasteiger partial charge in [-0.2, -0.15) is 0 Å². The second-order valence-electron chi connectivity index (χ2n) is 5.17. The molecule has 0 aromatic carbocycles. The van der Waals surface area contributed by atoms with E-state index >= 15 is 0 Å². The van der Waals surface area contributed by atoms with Crippen LogP contribution in [0.4, 0.5) is 11.6 Å². The third kappa shape index (κ3) is 4.79. The Bertz CT molecular complexity index is 1010. The molecular weight excluding hydrogens is 408 g/mol. The fraction of sp³-hybridized carbons (Fsp3) is 0. The molecule has 0 aliphatic carbocycles. The van der Waals surface area contributed by atoms with Gasteiger partial charge in [0.25, 0.3) is 0 Å². The van der Waals surface area contributed by atoms with Gasteiger partial charge in [-0.15, -0.1) is 0 Å². The van der Waals surface area contributed by atoms with Crippen LogP contribution in [0.3, 0.4) is 0 Å². The van der Waals surface area contributed by atoms with Gasteiger partial charge in [-0.25, -0.2) is 29.9 Å². The Morgan fingerprint density at radius 3 is 1.74 bits per heavy atom. The molecule has 0 aliphatic heterocycles. The molecule has 0 spiro atoms. The highest BCUT2D eigenvalue weighted by molar-refractivity contribution is 9.10. The Balaban J connectivity index is 0.000000156. The summed E-state index contributed by atoms with van der Waals surface area (Å²) in [6.07, 6.45) is 9.97. The second kappa shape index (κ2) is 8.77. The molecule has 0 atom stereocenters. The Labute approximate surface area is 163 Å². The van der Waals surface area contributed by atoms with Crippen LogP contribution in [0.25, 0.3) is 22.8 Å². The summed E-state index contributed by atoms with van der Waals surface area (Å²) >= 11 is 3.32. The zero-order valence-electron chi connectivity index (χ0n) is 14.1. The van der Waals surface area contributed by atoms with Gasteiger partial charge in [0.05, 0.1) is 11.1 Å². The fourth-order valence-electron chi connectivity index (χ4n) is 2.11. The van der Waals surface area contributed by atoms with Crippen LogP contribution in [0.1, 0.15) is 0 Å². The maximum Gasteiger partial charge on any atom is 0.162 e. The average Bonchev–Trinajstić information content (AvgIpc) is 2.72. The van der Waals surface area contributed by atoms with Gasteiger partial charge in [0, 0.05) is 41.7 Å². The Morgan fingerprint density at radius 2 is 1.15 bits per heavy atom. The lowest BCUT2D eigenvalue weighted by Gasteiger charge is -2.02. The van der Waals surface area contributed by atoms with Crippen molar-refractivity contribution < 1.29 is 0 Å². The number of halogens is 1. The molecule has 4 aromatic rings. The minimum absolute atomic E-state index is 0.430. The molecule has 9 heteroatoms. The van der Waals surface area contributed by atoms with Crippen molar-refractivity contribution >= 4 is 27.6 Å². The lowest BCUT2D eigenvalue weighted by atomic mass is 10.2. The van der Waals surface area contributed by atoms with Crippen molar-refractivity contribution in [2.75, 3.05) is 11.5 Å². The summed E-state index contributed by atoms with van der Waals surface area (Å²) in [6, 6.07) is 9.01. The molecule has 0 saturated carbocycles. The van der Waals surface area contributed by atoms with Crippen LogP contribution in [0.15, 0.2) is 72.0 Å². The van der Waals surface area contributed by atoms with E-state index in [0.717, 1.165) is 15.6 Å². The third-order valence-corrected chi connectivity index (χ3v) is 3.77. The topological polar surface area (TPSA) is 129 Å². The summed E-state index contributed by atoms with van der Waals surface area (Å²) in [5.74, 6) is 2.07. The smallest absolute Gasteiger partial charge is 0.162 e. The van der Waals surface area contributed by atoms with E-state index in [9.17, 15) is 0 Å². The zero-order chi connectivity index (χ0) is 19.1. The largest absolute Gasteiger partial charge is 0.383 e. The van der Waals surface area contributed by atoms with E-state index in [0.29, 0.717) is 23.3 Å². The molecule has 0 radical (unpaired) electrons. The van der Waals surface area contributed by atoms with Gasteiger partial charge in [-0.3, -0.25) is 0 Å². The first kappa shape index (κ1) is 18.3. The van der Waals surface area contributed by atoms with Crippen LogP contribution in [-0.2, 0) is 0 Å². The molecule has 4 rings (SSSR count). The standard InChI is InChI=1S/C9H7BrN4.C9H8N4/c10-6-4-7(8(11)14-5-6)9-12-2-1-3-13-9;10-8-7(3-1-4-11-8)9-12-5-2-6-13-9/h1-5H,(H2,11,14);1-6H,(H2,10,11). The number of aromatic nitrogens is 6. The molecule has 4 heterocycles. The van der Waals surface area contributed by atoms with Crippen molar-refractivity contribution in [2.24, 2.45) is 0 Å². The average molecular weight is 423 g/mol. The first-order valence-electron chi connectivity index (χ1n) is 7.81. The van der Waals surface area contributed by atoms with Gasteiger partial charge in [0.2, 0.25) is 0 Å². The van der Waals surface area contributed by atoms with Gasteiger partial charge in [-0.1, -0.05) is 0 Å². The molecule has 8 nitrogen and oxygen atoms in total. The van der Waals surface area contributed by atoms with Crippen LogP contribution in [0.5, 0.6) is 0 Å². The summed E-state index contributed by atoms with van der Waals surface area (Å²) < 4.78 is 0.856. The Morgan fingerprint density at radius 1 is 0.630 bits per heavy atom. The van der Waals surface area contributed by atoms with Crippen LogP contribution in [-0.4, -0.2) is 29.9 Å². The number of rotatable bonds is 2. The highest BCUT2D eigenvalue weighted by atomic mass is 79.9. The van der Waals surface area contributed by atoms with Gasteiger partial charge in [0.15, 0.2) is 11.6 Å². The maximum atomic E-state index is 5.71. The number of hydrogen-bond acceptors (Lipinski definition) is 8. The van der Waals surface area contributed by atoms with Crippen LogP contribution >= 0.6 is 15.9 Å². The molecule has 134 valence electrons. The third-order valence-electron chi connectivity index (χ3n) is 3.34. The van der Waals surface area contributed by atoms with Crippen LogP contribution in [0.2, 0.25) is 0 Å². The minimum Gasteiger partial charge on any atom is -0.383 e. The van der Waals surface area contributed by atoms with Crippen molar-refractivity contribution in [3.63, 3.8) is 0 Å². The van der Waals surface area contributed by atoms with E-state index in [1.165, 1.54) is 0 Å². The quantitative estimate of drug-likeness (QED) is 0.503. The van der Waals surface area contributed by atoms with Gasteiger partial charge in [0.1, 0.15) is 11.6 Å². The number of anilines is 2. The summed E-state index contributed by atoms with van der Waals surface area (Å²) in [5, 5.41) is 0. The zero-order valence-corrected chi connectivity index (χ0v) is 15.7. The van der Waals surface area contributed by atoms with Crippen molar-refractivity contribution in [3.05, 3.63) is 72.0 Å². The number of nitrogen functional groups attached to an aromatic ring is 2. The van der Waals surface area contributed by atoms with Crippen molar-refractivity contribution in [3.8, 4) is 22.8 Å². The maximum absolute atomic E-state index is 5.71. The number of nitrogens with zero attached hydrogens (tertiary/aromatic N) is 6. The van der Waals surface area contributed by atoms with Crippen LogP contribution in [0, 0.1) is 0 Å². The molecule has 0 amide bonds. The Kier molecular flexibility index (Phi) is 5.95. The highest BCUT2D eigenvalue weighted by Gasteiger charge is 2.06. The molecule has 4 N–H and O–H groups in total. The van der Waals surface area contributed by atoms with Crippen molar-refractivity contribution in [1.82, 2.24) is 29.9 Å². The highest BCUT2D eigenvalue weighted by Crippen LogP contribution is 2.23. The van der Waals surface area contributed by atoms with Crippen molar-refractivity contribution in [1.29, 1.82) is 0 Å². The summed E-state index contributed by atoms with van der Waals surface area (Å²) in [6.45, 7) is 0. The second-order valence-corrected chi connectivity index (χ2v) is 6.08. The minimum atomic E-state index is 0.430. The summed E-state index contributed by atoms with van der Waals surface area (Å²) in [4.78, 5) is 24.3. The molecule has 4 aromatic heterocycles. The number of hydrogen-bond donors (Lipinski definition) is 2. The summed E-state index contributed by atoms with van der Waals surface area (Å²) in [5.41, 5.74) is 12.9. The van der Waals surface area contributed by atoms with Gasteiger partial charge < -0.3 is 11.5 Å². The molecule has 0 fully saturated rings.